The van der Waals surface area contributed by atoms with Gasteiger partial charge in [-0.1, -0.05) is 42.8 Å². The molecule has 1 N–H and O–H groups in total. The maximum absolute atomic E-state index is 12.3. The van der Waals surface area contributed by atoms with Crippen molar-refractivity contribution < 1.29 is 14.3 Å². The van der Waals surface area contributed by atoms with E-state index in [0.717, 1.165) is 24.2 Å². The fourth-order valence-electron chi connectivity index (χ4n) is 2.54. The zero-order valence-electron chi connectivity index (χ0n) is 14.6. The van der Waals surface area contributed by atoms with E-state index in [1.807, 2.05) is 31.2 Å². The van der Waals surface area contributed by atoms with Gasteiger partial charge in [0.25, 0.3) is 5.91 Å². The number of hydrogen-bond acceptors (Lipinski definition) is 3. The molecule has 0 spiro atoms. The third-order valence-electron chi connectivity index (χ3n) is 3.85. The van der Waals surface area contributed by atoms with Crippen LogP contribution in [0.3, 0.4) is 0 Å². The molecule has 0 aliphatic rings. The van der Waals surface area contributed by atoms with Gasteiger partial charge in [-0.2, -0.15) is 0 Å². The molecule has 4 nitrogen and oxygen atoms in total. The van der Waals surface area contributed by atoms with E-state index < -0.39 is 6.10 Å². The summed E-state index contributed by atoms with van der Waals surface area (Å²) in [6, 6.07) is 15.0. The summed E-state index contributed by atoms with van der Waals surface area (Å²) in [5.74, 6) is 1.37. The molecule has 0 saturated heterocycles. The summed E-state index contributed by atoms with van der Waals surface area (Å²) >= 11 is 5.95. The highest BCUT2D eigenvalue weighted by Gasteiger charge is 2.18. The number of amides is 1. The summed E-state index contributed by atoms with van der Waals surface area (Å²) < 4.78 is 11.1. The smallest absolute Gasteiger partial charge is 0.261 e. The first-order valence-corrected chi connectivity index (χ1v) is 8.83. The average Bonchev–Trinajstić information content (AvgIpc) is 2.63. The monoisotopic (exact) mass is 361 g/mol. The summed E-state index contributed by atoms with van der Waals surface area (Å²) in [4.78, 5) is 12.3. The fourth-order valence-corrected chi connectivity index (χ4v) is 2.72. The van der Waals surface area contributed by atoms with Crippen LogP contribution in [0.5, 0.6) is 11.5 Å². The molecule has 0 aliphatic heterocycles. The van der Waals surface area contributed by atoms with E-state index in [-0.39, 0.29) is 5.91 Å². The molecule has 0 saturated carbocycles. The molecule has 0 aromatic heterocycles. The lowest BCUT2D eigenvalue weighted by Gasteiger charge is -2.17. The maximum atomic E-state index is 12.3. The molecule has 1 atom stereocenters. The van der Waals surface area contributed by atoms with E-state index in [0.29, 0.717) is 23.7 Å². The second kappa shape index (κ2) is 9.94. The second-order valence-corrected chi connectivity index (χ2v) is 6.11. The van der Waals surface area contributed by atoms with Gasteiger partial charge in [0.2, 0.25) is 0 Å². The molecule has 134 valence electrons. The predicted octanol–water partition coefficient (Wildman–Crippen LogP) is 4.26. The van der Waals surface area contributed by atoms with Gasteiger partial charge >= 0.3 is 0 Å². The van der Waals surface area contributed by atoms with Crippen molar-refractivity contribution in [3.05, 3.63) is 59.1 Å². The van der Waals surface area contributed by atoms with Crippen molar-refractivity contribution in [2.75, 3.05) is 13.7 Å². The molecule has 25 heavy (non-hydrogen) atoms. The molecule has 0 fully saturated rings. The summed E-state index contributed by atoms with van der Waals surface area (Å²) in [5, 5.41) is 3.53. The number of ether oxygens (including phenoxy) is 2. The molecule has 0 bridgehead atoms. The SMILES string of the molecule is CCC(Oc1cccc(Cl)c1)C(=O)NCCCc1ccccc1OC. The standard InChI is InChI=1S/C20H24ClNO3/c1-3-18(25-17-11-6-10-16(21)14-17)20(23)22-13-7-9-15-8-4-5-12-19(15)24-2/h4-6,8,10-12,14,18H,3,7,9,13H2,1-2H3,(H,22,23). The zero-order valence-corrected chi connectivity index (χ0v) is 15.4. The summed E-state index contributed by atoms with van der Waals surface area (Å²) in [5.41, 5.74) is 1.14. The van der Waals surface area contributed by atoms with Crippen LogP contribution < -0.4 is 14.8 Å². The number of rotatable bonds is 9. The molecular weight excluding hydrogens is 338 g/mol. The Hall–Kier alpha value is -2.20. The van der Waals surface area contributed by atoms with E-state index in [2.05, 4.69) is 5.32 Å². The minimum atomic E-state index is -0.523. The van der Waals surface area contributed by atoms with Crippen LogP contribution in [0.25, 0.3) is 0 Å². The van der Waals surface area contributed by atoms with Crippen LogP contribution in [0.1, 0.15) is 25.3 Å². The Balaban J connectivity index is 1.80. The highest BCUT2D eigenvalue weighted by Crippen LogP contribution is 2.20. The lowest BCUT2D eigenvalue weighted by molar-refractivity contribution is -0.128. The number of para-hydroxylation sites is 1. The normalized spacial score (nSPS) is 11.6. The lowest BCUT2D eigenvalue weighted by Crippen LogP contribution is -2.38. The van der Waals surface area contributed by atoms with Crippen molar-refractivity contribution >= 4 is 17.5 Å². The van der Waals surface area contributed by atoms with E-state index in [1.165, 1.54) is 0 Å². The fraction of sp³-hybridized carbons (Fsp3) is 0.350. The molecule has 0 heterocycles. The van der Waals surface area contributed by atoms with Crippen LogP contribution in [0.4, 0.5) is 0 Å². The van der Waals surface area contributed by atoms with Crippen molar-refractivity contribution in [3.63, 3.8) is 0 Å². The molecule has 2 aromatic carbocycles. The molecule has 1 amide bonds. The van der Waals surface area contributed by atoms with Crippen molar-refractivity contribution in [2.45, 2.75) is 32.3 Å². The van der Waals surface area contributed by atoms with Crippen molar-refractivity contribution in [2.24, 2.45) is 0 Å². The van der Waals surface area contributed by atoms with Crippen LogP contribution in [-0.4, -0.2) is 25.7 Å². The summed E-state index contributed by atoms with van der Waals surface area (Å²) in [6.07, 6.45) is 1.74. The van der Waals surface area contributed by atoms with E-state index in [1.54, 1.807) is 31.4 Å². The number of benzene rings is 2. The topological polar surface area (TPSA) is 47.6 Å². The predicted molar refractivity (Wildman–Crippen MR) is 100 cm³/mol. The molecule has 5 heteroatoms. The molecule has 0 radical (unpaired) electrons. The third-order valence-corrected chi connectivity index (χ3v) is 4.09. The quantitative estimate of drug-likeness (QED) is 0.679. The Morgan fingerprint density at radius 1 is 1.20 bits per heavy atom. The van der Waals surface area contributed by atoms with Gasteiger partial charge < -0.3 is 14.8 Å². The van der Waals surface area contributed by atoms with Gasteiger partial charge in [-0.25, -0.2) is 0 Å². The Morgan fingerprint density at radius 3 is 2.72 bits per heavy atom. The van der Waals surface area contributed by atoms with Gasteiger partial charge in [0.05, 0.1) is 7.11 Å². The second-order valence-electron chi connectivity index (χ2n) is 5.68. The molecule has 2 rings (SSSR count). The number of methoxy groups -OCH3 is 1. The molecule has 0 aliphatic carbocycles. The van der Waals surface area contributed by atoms with Crippen molar-refractivity contribution in [1.82, 2.24) is 5.32 Å². The van der Waals surface area contributed by atoms with Crippen LogP contribution in [0.15, 0.2) is 48.5 Å². The molecule has 2 aromatic rings. The van der Waals surface area contributed by atoms with Gasteiger partial charge in [0, 0.05) is 11.6 Å². The number of carbonyl (C=O) groups excluding carboxylic acids is 1. The molecular formula is C20H24ClNO3. The minimum absolute atomic E-state index is 0.109. The number of aryl methyl sites for hydroxylation is 1. The minimum Gasteiger partial charge on any atom is -0.496 e. The van der Waals surface area contributed by atoms with Crippen LogP contribution in [0, 0.1) is 0 Å². The molecule has 1 unspecified atom stereocenters. The Kier molecular flexibility index (Phi) is 7.61. The van der Waals surface area contributed by atoms with Gasteiger partial charge in [-0.15, -0.1) is 0 Å². The van der Waals surface area contributed by atoms with Gasteiger partial charge in [-0.3, -0.25) is 4.79 Å². The highest BCUT2D eigenvalue weighted by molar-refractivity contribution is 6.30. The van der Waals surface area contributed by atoms with E-state index in [9.17, 15) is 4.79 Å². The van der Waals surface area contributed by atoms with Gasteiger partial charge in [-0.05, 0) is 49.1 Å². The van der Waals surface area contributed by atoms with E-state index >= 15 is 0 Å². The van der Waals surface area contributed by atoms with Crippen LogP contribution in [-0.2, 0) is 11.2 Å². The first-order chi connectivity index (χ1) is 12.1. The Bertz CT molecular complexity index is 690. The van der Waals surface area contributed by atoms with Crippen LogP contribution in [0.2, 0.25) is 5.02 Å². The number of halogens is 1. The zero-order chi connectivity index (χ0) is 18.1. The van der Waals surface area contributed by atoms with Gasteiger partial charge in [0.1, 0.15) is 11.5 Å². The van der Waals surface area contributed by atoms with E-state index in [4.69, 9.17) is 21.1 Å². The van der Waals surface area contributed by atoms with Crippen molar-refractivity contribution in [1.29, 1.82) is 0 Å². The number of carbonyl (C=O) groups is 1. The summed E-state index contributed by atoms with van der Waals surface area (Å²) in [6.45, 7) is 2.51. The number of hydrogen-bond donors (Lipinski definition) is 1. The first kappa shape index (κ1) is 19.1. The van der Waals surface area contributed by atoms with Crippen LogP contribution >= 0.6 is 11.6 Å². The Morgan fingerprint density at radius 2 is 2.00 bits per heavy atom. The first-order valence-electron chi connectivity index (χ1n) is 8.46. The lowest BCUT2D eigenvalue weighted by atomic mass is 10.1. The van der Waals surface area contributed by atoms with Crippen molar-refractivity contribution in [3.8, 4) is 11.5 Å². The van der Waals surface area contributed by atoms with Gasteiger partial charge in [0.15, 0.2) is 6.10 Å². The third kappa shape index (κ3) is 5.98. The maximum Gasteiger partial charge on any atom is 0.261 e. The number of nitrogens with one attached hydrogen (secondary N) is 1. The largest absolute Gasteiger partial charge is 0.496 e. The Labute approximate surface area is 154 Å². The summed E-state index contributed by atoms with van der Waals surface area (Å²) in [7, 11) is 1.67. The highest BCUT2D eigenvalue weighted by atomic mass is 35.5. The average molecular weight is 362 g/mol.